The predicted molar refractivity (Wildman–Crippen MR) is 147 cm³/mol. The molecule has 5 rings (SSSR count). The molecule has 1 saturated heterocycles. The third-order valence-corrected chi connectivity index (χ3v) is 9.13. The predicted octanol–water partition coefficient (Wildman–Crippen LogP) is 4.61. The summed E-state index contributed by atoms with van der Waals surface area (Å²) in [6.07, 6.45) is 16.1. The van der Waals surface area contributed by atoms with Gasteiger partial charge in [-0.05, 0) is 94.0 Å². The van der Waals surface area contributed by atoms with E-state index in [9.17, 15) is 19.2 Å². The maximum atomic E-state index is 12.9. The maximum Gasteiger partial charge on any atom is 0.262 e. The molecular formula is C31H43N3O5. The minimum atomic E-state index is -0.953. The van der Waals surface area contributed by atoms with Crippen molar-refractivity contribution in [3.8, 4) is 5.75 Å². The van der Waals surface area contributed by atoms with Crippen molar-refractivity contribution < 1.29 is 23.9 Å². The molecule has 3 unspecified atom stereocenters. The van der Waals surface area contributed by atoms with E-state index >= 15 is 0 Å². The number of ether oxygens (including phenoxy) is 1. The molecule has 2 N–H and O–H groups in total. The molecule has 2 aliphatic carbocycles. The molecule has 2 heterocycles. The first kappa shape index (κ1) is 27.8. The van der Waals surface area contributed by atoms with Crippen LogP contribution in [0.5, 0.6) is 5.75 Å². The summed E-state index contributed by atoms with van der Waals surface area (Å²) in [5, 5.41) is 5.87. The van der Waals surface area contributed by atoms with Crippen molar-refractivity contribution >= 4 is 23.6 Å². The van der Waals surface area contributed by atoms with Crippen LogP contribution >= 0.6 is 0 Å². The molecule has 2 aliphatic heterocycles. The second-order valence-electron chi connectivity index (χ2n) is 12.0. The van der Waals surface area contributed by atoms with E-state index in [-0.39, 0.29) is 29.9 Å². The zero-order valence-corrected chi connectivity index (χ0v) is 23.1. The largest absolute Gasteiger partial charge is 0.494 e. The number of piperidine rings is 1. The van der Waals surface area contributed by atoms with Crippen LogP contribution in [0.4, 0.5) is 0 Å². The second kappa shape index (κ2) is 13.1. The van der Waals surface area contributed by atoms with Crippen molar-refractivity contribution in [2.45, 2.75) is 95.9 Å². The third kappa shape index (κ3) is 6.89. The Morgan fingerprint density at radius 1 is 0.846 bits per heavy atom. The topological polar surface area (TPSA) is 105 Å². The highest BCUT2D eigenvalue weighted by Gasteiger charge is 2.44. The maximum absolute atomic E-state index is 12.9. The second-order valence-corrected chi connectivity index (χ2v) is 12.0. The summed E-state index contributed by atoms with van der Waals surface area (Å²) in [5.74, 6) is 1.56. The monoisotopic (exact) mass is 537 g/mol. The number of amides is 4. The quantitative estimate of drug-likeness (QED) is 0.281. The van der Waals surface area contributed by atoms with E-state index in [1.807, 2.05) is 0 Å². The Morgan fingerprint density at radius 2 is 1.59 bits per heavy atom. The molecule has 3 fully saturated rings. The van der Waals surface area contributed by atoms with Crippen molar-refractivity contribution in [1.82, 2.24) is 15.5 Å². The molecule has 1 aromatic carbocycles. The van der Waals surface area contributed by atoms with E-state index in [2.05, 4.69) is 10.6 Å². The lowest BCUT2D eigenvalue weighted by Gasteiger charge is -2.39. The average molecular weight is 538 g/mol. The summed E-state index contributed by atoms with van der Waals surface area (Å²) in [7, 11) is 0. The number of nitrogens with one attached hydrogen (secondary N) is 2. The zero-order valence-electron chi connectivity index (χ0n) is 23.1. The number of nitrogens with zero attached hydrogens (tertiary/aromatic N) is 1. The van der Waals surface area contributed by atoms with E-state index < -0.39 is 23.8 Å². The molecule has 8 nitrogen and oxygen atoms in total. The highest BCUT2D eigenvalue weighted by Crippen LogP contribution is 2.43. The lowest BCUT2D eigenvalue weighted by atomic mass is 9.67. The molecule has 4 amide bonds. The van der Waals surface area contributed by atoms with Gasteiger partial charge in [0.1, 0.15) is 11.8 Å². The van der Waals surface area contributed by atoms with Gasteiger partial charge in [0, 0.05) is 6.42 Å². The van der Waals surface area contributed by atoms with Crippen molar-refractivity contribution in [1.29, 1.82) is 0 Å². The van der Waals surface area contributed by atoms with E-state index in [0.29, 0.717) is 12.4 Å². The number of carbonyl (C=O) groups is 4. The van der Waals surface area contributed by atoms with E-state index in [1.165, 1.54) is 64.2 Å². The fraction of sp³-hybridized carbons (Fsp3) is 0.677. The molecule has 0 spiro atoms. The number of hydrogen-bond donors (Lipinski definition) is 2. The van der Waals surface area contributed by atoms with Crippen LogP contribution in [-0.4, -0.2) is 54.3 Å². The van der Waals surface area contributed by atoms with E-state index in [4.69, 9.17) is 4.74 Å². The van der Waals surface area contributed by atoms with Gasteiger partial charge in [-0.1, -0.05) is 38.5 Å². The van der Waals surface area contributed by atoms with Crippen LogP contribution in [0.3, 0.4) is 0 Å². The van der Waals surface area contributed by atoms with Crippen molar-refractivity contribution in [3.63, 3.8) is 0 Å². The number of carbonyl (C=O) groups excluding carboxylic acids is 4. The summed E-state index contributed by atoms with van der Waals surface area (Å²) < 4.78 is 5.86. The molecule has 39 heavy (non-hydrogen) atoms. The molecule has 0 aromatic heterocycles. The van der Waals surface area contributed by atoms with E-state index in [1.54, 1.807) is 18.2 Å². The van der Waals surface area contributed by atoms with Gasteiger partial charge >= 0.3 is 0 Å². The Hall–Kier alpha value is -2.74. The minimum absolute atomic E-state index is 0.107. The summed E-state index contributed by atoms with van der Waals surface area (Å²) in [4.78, 5) is 50.3. The lowest BCUT2D eigenvalue weighted by molar-refractivity contribution is -0.136. The third-order valence-electron chi connectivity index (χ3n) is 9.13. The Morgan fingerprint density at radius 3 is 2.38 bits per heavy atom. The van der Waals surface area contributed by atoms with Gasteiger partial charge in [0.25, 0.3) is 11.8 Å². The Kier molecular flexibility index (Phi) is 9.32. The number of unbranched alkanes of at least 4 members (excludes halogenated alkanes) is 4. The highest BCUT2D eigenvalue weighted by molar-refractivity contribution is 6.23. The molecule has 1 aromatic rings. The highest BCUT2D eigenvalue weighted by atomic mass is 16.5. The van der Waals surface area contributed by atoms with Gasteiger partial charge in [-0.3, -0.25) is 29.4 Å². The first-order valence-electron chi connectivity index (χ1n) is 15.2. The smallest absolute Gasteiger partial charge is 0.262 e. The lowest BCUT2D eigenvalue weighted by Crippen LogP contribution is -2.54. The summed E-state index contributed by atoms with van der Waals surface area (Å²) in [5.41, 5.74) is 0.521. The molecular weight excluding hydrogens is 494 g/mol. The van der Waals surface area contributed by atoms with Crippen LogP contribution < -0.4 is 15.4 Å². The molecule has 2 saturated carbocycles. The van der Waals surface area contributed by atoms with Gasteiger partial charge in [0.05, 0.1) is 17.7 Å². The van der Waals surface area contributed by atoms with Crippen LogP contribution in [-0.2, 0) is 9.59 Å². The number of imide groups is 2. The Bertz CT molecular complexity index is 1060. The Labute approximate surface area is 231 Å². The summed E-state index contributed by atoms with van der Waals surface area (Å²) in [6, 6.07) is 3.92. The fourth-order valence-electron chi connectivity index (χ4n) is 7.15. The van der Waals surface area contributed by atoms with Gasteiger partial charge in [-0.15, -0.1) is 0 Å². The van der Waals surface area contributed by atoms with Crippen molar-refractivity contribution in [3.05, 3.63) is 29.3 Å². The van der Waals surface area contributed by atoms with Crippen molar-refractivity contribution in [2.24, 2.45) is 17.8 Å². The normalized spacial score (nSPS) is 26.5. The van der Waals surface area contributed by atoms with Gasteiger partial charge in [-0.25, -0.2) is 0 Å². The average Bonchev–Trinajstić information content (AvgIpc) is 3.16. The molecule has 212 valence electrons. The fourth-order valence-corrected chi connectivity index (χ4v) is 7.15. The van der Waals surface area contributed by atoms with Crippen LogP contribution in [0, 0.1) is 17.8 Å². The molecule has 2 bridgehead atoms. The van der Waals surface area contributed by atoms with Crippen LogP contribution in [0.1, 0.15) is 111 Å². The summed E-state index contributed by atoms with van der Waals surface area (Å²) >= 11 is 0. The SMILES string of the molecule is O=C1CCC(N2C(=O)c3ccc(OCCCCCCCNCCC4CC5CCCC(C5)C4)cc3C2=O)C(=O)N1. The van der Waals surface area contributed by atoms with Crippen molar-refractivity contribution in [2.75, 3.05) is 19.7 Å². The molecule has 4 aliphatic rings. The van der Waals surface area contributed by atoms with Crippen LogP contribution in [0.15, 0.2) is 18.2 Å². The first-order chi connectivity index (χ1) is 19.0. The minimum Gasteiger partial charge on any atom is -0.494 e. The number of hydrogen-bond acceptors (Lipinski definition) is 6. The van der Waals surface area contributed by atoms with E-state index in [0.717, 1.165) is 48.6 Å². The van der Waals surface area contributed by atoms with Crippen LogP contribution in [0.2, 0.25) is 0 Å². The summed E-state index contributed by atoms with van der Waals surface area (Å²) in [6.45, 7) is 2.82. The van der Waals surface area contributed by atoms with Gasteiger partial charge in [0.2, 0.25) is 11.8 Å². The number of rotatable bonds is 13. The molecule has 3 atom stereocenters. The molecule has 8 heteroatoms. The number of benzene rings is 1. The standard InChI is InChI=1S/C31H43N3O5/c35-28-12-11-27(29(36)33-28)34-30(37)25-10-9-24(20-26(25)31(34)38)39-16-5-3-1-2-4-14-32-15-13-23-18-21-7-6-8-22(17-21)19-23/h9-10,20-23,27,32H,1-8,11-19H2,(H,33,35,36). The zero-order chi connectivity index (χ0) is 27.2. The van der Waals surface area contributed by atoms with Gasteiger partial charge in [-0.2, -0.15) is 0 Å². The molecule has 0 radical (unpaired) electrons. The van der Waals surface area contributed by atoms with Gasteiger partial charge < -0.3 is 10.1 Å². The Balaban J connectivity index is 0.932. The first-order valence-corrected chi connectivity index (χ1v) is 15.2. The number of fused-ring (bicyclic) bond motifs is 3. The van der Waals surface area contributed by atoms with Crippen LogP contribution in [0.25, 0.3) is 0 Å². The van der Waals surface area contributed by atoms with Gasteiger partial charge in [0.15, 0.2) is 0 Å².